The fraction of sp³-hybridized carbons (Fsp3) is 0.174. The van der Waals surface area contributed by atoms with Gasteiger partial charge >= 0.3 is 0 Å². The molecule has 0 atom stereocenters. The Hall–Kier alpha value is -2.67. The molecule has 4 aromatic rings. The van der Waals surface area contributed by atoms with Crippen molar-refractivity contribution in [2.24, 2.45) is 0 Å². The Kier molecular flexibility index (Phi) is 3.57. The SMILES string of the molecule is CCc1cc2cc3cc4ccccc4cc3cc2cc(CC)c1=O. The van der Waals surface area contributed by atoms with Crippen molar-refractivity contribution in [3.05, 3.63) is 82.0 Å². The highest BCUT2D eigenvalue weighted by Gasteiger charge is 2.06. The van der Waals surface area contributed by atoms with Crippen molar-refractivity contribution in [1.29, 1.82) is 0 Å². The molecule has 0 radical (unpaired) electrons. The van der Waals surface area contributed by atoms with Crippen molar-refractivity contribution in [2.45, 2.75) is 26.7 Å². The smallest absolute Gasteiger partial charge is 0.185 e. The molecule has 24 heavy (non-hydrogen) atoms. The Labute approximate surface area is 141 Å². The molecule has 0 bridgehead atoms. The van der Waals surface area contributed by atoms with E-state index in [0.29, 0.717) is 0 Å². The van der Waals surface area contributed by atoms with Crippen LogP contribution in [-0.2, 0) is 12.8 Å². The zero-order valence-corrected chi connectivity index (χ0v) is 14.1. The zero-order chi connectivity index (χ0) is 16.7. The van der Waals surface area contributed by atoms with Crippen molar-refractivity contribution in [2.75, 3.05) is 0 Å². The number of hydrogen-bond acceptors (Lipinski definition) is 1. The highest BCUT2D eigenvalue weighted by Crippen LogP contribution is 2.27. The molecule has 0 aliphatic carbocycles. The molecule has 0 saturated carbocycles. The van der Waals surface area contributed by atoms with E-state index in [1.54, 1.807) is 0 Å². The van der Waals surface area contributed by atoms with Crippen molar-refractivity contribution >= 4 is 32.3 Å². The summed E-state index contributed by atoms with van der Waals surface area (Å²) in [6.07, 6.45) is 1.54. The van der Waals surface area contributed by atoms with Gasteiger partial charge in [0.2, 0.25) is 0 Å². The van der Waals surface area contributed by atoms with Crippen molar-refractivity contribution in [1.82, 2.24) is 0 Å². The van der Waals surface area contributed by atoms with Gasteiger partial charge < -0.3 is 0 Å². The Morgan fingerprint density at radius 2 is 0.958 bits per heavy atom. The lowest BCUT2D eigenvalue weighted by atomic mass is 10.0. The van der Waals surface area contributed by atoms with Crippen LogP contribution in [0.3, 0.4) is 0 Å². The third-order valence-corrected chi connectivity index (χ3v) is 4.91. The van der Waals surface area contributed by atoms with Gasteiger partial charge in [-0.3, -0.25) is 4.79 Å². The van der Waals surface area contributed by atoms with Crippen LogP contribution in [0.5, 0.6) is 0 Å². The molecule has 4 rings (SSSR count). The van der Waals surface area contributed by atoms with Crippen LogP contribution in [0.15, 0.2) is 65.5 Å². The molecule has 0 aliphatic heterocycles. The number of rotatable bonds is 2. The first-order valence-electron chi connectivity index (χ1n) is 8.62. The molecule has 0 unspecified atom stereocenters. The summed E-state index contributed by atoms with van der Waals surface area (Å²) in [6.45, 7) is 4.10. The summed E-state index contributed by atoms with van der Waals surface area (Å²) >= 11 is 0. The van der Waals surface area contributed by atoms with Gasteiger partial charge in [0, 0.05) is 11.1 Å². The maximum absolute atomic E-state index is 12.6. The van der Waals surface area contributed by atoms with Crippen LogP contribution >= 0.6 is 0 Å². The molecular formula is C23H20O. The third-order valence-electron chi connectivity index (χ3n) is 4.91. The molecule has 0 aliphatic rings. The lowest BCUT2D eigenvalue weighted by molar-refractivity contribution is 1.07. The van der Waals surface area contributed by atoms with E-state index in [4.69, 9.17) is 0 Å². The molecule has 0 amide bonds. The molecule has 1 nitrogen and oxygen atoms in total. The predicted octanol–water partition coefficient (Wildman–Crippen LogP) is 5.63. The van der Waals surface area contributed by atoms with Gasteiger partial charge in [0.05, 0.1) is 0 Å². The summed E-state index contributed by atoms with van der Waals surface area (Å²) < 4.78 is 0. The molecule has 0 N–H and O–H groups in total. The van der Waals surface area contributed by atoms with Gasteiger partial charge in [-0.2, -0.15) is 0 Å². The van der Waals surface area contributed by atoms with Gasteiger partial charge in [-0.15, -0.1) is 0 Å². The molecule has 4 aromatic carbocycles. The molecule has 0 saturated heterocycles. The van der Waals surface area contributed by atoms with Crippen LogP contribution in [0, 0.1) is 0 Å². The Bertz CT molecular complexity index is 1050. The summed E-state index contributed by atoms with van der Waals surface area (Å²) in [5, 5.41) is 7.23. The molecule has 118 valence electrons. The monoisotopic (exact) mass is 312 g/mol. The highest BCUT2D eigenvalue weighted by atomic mass is 16.1. The average Bonchev–Trinajstić information content (AvgIpc) is 2.74. The van der Waals surface area contributed by atoms with Gasteiger partial charge in [0.25, 0.3) is 0 Å². The number of fused-ring (bicyclic) bond motifs is 3. The van der Waals surface area contributed by atoms with Crippen molar-refractivity contribution < 1.29 is 0 Å². The van der Waals surface area contributed by atoms with Crippen molar-refractivity contribution in [3.63, 3.8) is 0 Å². The second-order valence-corrected chi connectivity index (χ2v) is 6.40. The quantitative estimate of drug-likeness (QED) is 0.438. The van der Waals surface area contributed by atoms with Gasteiger partial charge in [-0.1, -0.05) is 38.1 Å². The largest absolute Gasteiger partial charge is 0.289 e. The highest BCUT2D eigenvalue weighted by molar-refractivity contribution is 6.04. The predicted molar refractivity (Wildman–Crippen MR) is 104 cm³/mol. The third kappa shape index (κ3) is 2.37. The first-order valence-corrected chi connectivity index (χ1v) is 8.62. The van der Waals surface area contributed by atoms with E-state index in [1.165, 1.54) is 21.5 Å². The van der Waals surface area contributed by atoms with Crippen LogP contribution in [0.1, 0.15) is 25.0 Å². The molecule has 0 fully saturated rings. The normalized spacial score (nSPS) is 11.4. The second kappa shape index (κ2) is 5.76. The second-order valence-electron chi connectivity index (χ2n) is 6.40. The topological polar surface area (TPSA) is 17.1 Å². The van der Waals surface area contributed by atoms with Crippen molar-refractivity contribution in [3.8, 4) is 0 Å². The first kappa shape index (κ1) is 14.9. The van der Waals surface area contributed by atoms with Crippen LogP contribution in [0.4, 0.5) is 0 Å². The van der Waals surface area contributed by atoms with E-state index in [1.807, 2.05) is 0 Å². The van der Waals surface area contributed by atoms with Gasteiger partial charge in [-0.25, -0.2) is 0 Å². The Morgan fingerprint density at radius 1 is 0.583 bits per heavy atom. The fourth-order valence-electron chi connectivity index (χ4n) is 3.52. The Morgan fingerprint density at radius 3 is 1.38 bits per heavy atom. The maximum atomic E-state index is 12.6. The minimum atomic E-state index is 0.199. The summed E-state index contributed by atoms with van der Waals surface area (Å²) in [4.78, 5) is 12.6. The summed E-state index contributed by atoms with van der Waals surface area (Å²) in [7, 11) is 0. The van der Waals surface area contributed by atoms with Gasteiger partial charge in [-0.05, 0) is 81.6 Å². The summed E-state index contributed by atoms with van der Waals surface area (Å²) in [6, 6.07) is 21.5. The fourth-order valence-corrected chi connectivity index (χ4v) is 3.52. The Balaban J connectivity index is 2.15. The number of benzene rings is 3. The molecule has 1 heteroatoms. The standard InChI is InChI=1S/C23H20O/c1-3-15-9-19-13-21-11-17-7-5-6-8-18(17)12-22(21)14-20(19)10-16(4-2)23(15)24/h5-14H,3-4H2,1-2H3. The van der Waals surface area contributed by atoms with E-state index < -0.39 is 0 Å². The van der Waals surface area contributed by atoms with Crippen LogP contribution < -0.4 is 5.43 Å². The van der Waals surface area contributed by atoms with Crippen LogP contribution in [-0.4, -0.2) is 0 Å². The summed E-state index contributed by atoms with van der Waals surface area (Å²) in [5.41, 5.74) is 2.01. The first-order chi connectivity index (χ1) is 11.7. The lowest BCUT2D eigenvalue weighted by Crippen LogP contribution is -2.09. The van der Waals surface area contributed by atoms with Gasteiger partial charge in [0.1, 0.15) is 0 Å². The van der Waals surface area contributed by atoms with Crippen LogP contribution in [0.2, 0.25) is 0 Å². The number of aryl methyl sites for hydroxylation is 2. The van der Waals surface area contributed by atoms with Crippen LogP contribution in [0.25, 0.3) is 32.3 Å². The lowest BCUT2D eigenvalue weighted by Gasteiger charge is -2.04. The maximum Gasteiger partial charge on any atom is 0.185 e. The zero-order valence-electron chi connectivity index (χ0n) is 14.1. The minimum absolute atomic E-state index is 0.199. The van der Waals surface area contributed by atoms with E-state index in [9.17, 15) is 4.79 Å². The summed E-state index contributed by atoms with van der Waals surface area (Å²) in [5.74, 6) is 0. The molecular weight excluding hydrogens is 292 g/mol. The average molecular weight is 312 g/mol. The molecule has 0 heterocycles. The minimum Gasteiger partial charge on any atom is -0.289 e. The molecule has 0 aromatic heterocycles. The molecule has 0 spiro atoms. The van der Waals surface area contributed by atoms with E-state index in [-0.39, 0.29) is 5.43 Å². The van der Waals surface area contributed by atoms with E-state index in [2.05, 4.69) is 74.5 Å². The van der Waals surface area contributed by atoms with E-state index >= 15 is 0 Å². The van der Waals surface area contributed by atoms with E-state index in [0.717, 1.165) is 34.7 Å². The van der Waals surface area contributed by atoms with Gasteiger partial charge in [0.15, 0.2) is 5.43 Å². The number of hydrogen-bond donors (Lipinski definition) is 0.